The Morgan fingerprint density at radius 2 is 2.11 bits per heavy atom. The number of hydrogen-bond acceptors (Lipinski definition) is 4. The van der Waals surface area contributed by atoms with E-state index in [4.69, 9.17) is 21.1 Å². The molecule has 1 aromatic heterocycles. The molecule has 1 aromatic carbocycles. The number of fused-ring (bicyclic) bond motifs is 1. The summed E-state index contributed by atoms with van der Waals surface area (Å²) in [7, 11) is 1.65. The predicted molar refractivity (Wildman–Crippen MR) is 106 cm³/mol. The standard InChI is InChI=1S/C21H25ClN2O3/c1-20(2,24-19(25)14-6-7-17(22)23-12-14)10-13-8-15-11-21(3,4)27-18(15)16(9-13)26-5/h6-9,12H,10-11H2,1-5H3,(H,24,25). The van der Waals surface area contributed by atoms with Crippen molar-refractivity contribution in [2.45, 2.75) is 51.7 Å². The highest BCUT2D eigenvalue weighted by Crippen LogP contribution is 2.43. The van der Waals surface area contributed by atoms with Gasteiger partial charge in [-0.1, -0.05) is 17.7 Å². The number of rotatable bonds is 5. The highest BCUT2D eigenvalue weighted by Gasteiger charge is 2.33. The van der Waals surface area contributed by atoms with Crippen molar-refractivity contribution in [1.29, 1.82) is 0 Å². The van der Waals surface area contributed by atoms with Crippen molar-refractivity contribution in [2.24, 2.45) is 0 Å². The van der Waals surface area contributed by atoms with Crippen LogP contribution in [0.2, 0.25) is 5.15 Å². The van der Waals surface area contributed by atoms with Crippen LogP contribution in [0.1, 0.15) is 49.2 Å². The van der Waals surface area contributed by atoms with Crippen LogP contribution >= 0.6 is 11.6 Å². The van der Waals surface area contributed by atoms with Crippen LogP contribution in [0.25, 0.3) is 0 Å². The zero-order valence-corrected chi connectivity index (χ0v) is 17.1. The van der Waals surface area contributed by atoms with Gasteiger partial charge in [-0.25, -0.2) is 4.98 Å². The van der Waals surface area contributed by atoms with Crippen LogP contribution in [-0.2, 0) is 12.8 Å². The Morgan fingerprint density at radius 1 is 1.37 bits per heavy atom. The van der Waals surface area contributed by atoms with E-state index < -0.39 is 5.54 Å². The molecule has 1 amide bonds. The Kier molecular flexibility index (Phi) is 5.08. The number of halogens is 1. The second kappa shape index (κ2) is 7.04. The van der Waals surface area contributed by atoms with Gasteiger partial charge < -0.3 is 14.8 Å². The molecule has 0 atom stereocenters. The number of benzene rings is 1. The lowest BCUT2D eigenvalue weighted by molar-refractivity contribution is 0.0912. The maximum Gasteiger partial charge on any atom is 0.253 e. The molecule has 0 saturated carbocycles. The number of carbonyl (C=O) groups is 1. The van der Waals surface area contributed by atoms with Crippen LogP contribution in [0.3, 0.4) is 0 Å². The number of methoxy groups -OCH3 is 1. The molecule has 0 spiro atoms. The fraction of sp³-hybridized carbons (Fsp3) is 0.429. The smallest absolute Gasteiger partial charge is 0.253 e. The Morgan fingerprint density at radius 3 is 2.74 bits per heavy atom. The third-order valence-electron chi connectivity index (χ3n) is 4.49. The zero-order chi connectivity index (χ0) is 19.8. The van der Waals surface area contributed by atoms with E-state index in [0.717, 1.165) is 29.0 Å². The minimum absolute atomic E-state index is 0.179. The molecule has 0 aliphatic carbocycles. The SMILES string of the molecule is COc1cc(CC(C)(C)NC(=O)c2ccc(Cl)nc2)cc2c1OC(C)(C)C2. The molecule has 1 N–H and O–H groups in total. The van der Waals surface area contributed by atoms with Gasteiger partial charge >= 0.3 is 0 Å². The van der Waals surface area contributed by atoms with Crippen molar-refractivity contribution in [3.05, 3.63) is 52.3 Å². The van der Waals surface area contributed by atoms with Crippen molar-refractivity contribution in [1.82, 2.24) is 10.3 Å². The molecule has 0 radical (unpaired) electrons. The van der Waals surface area contributed by atoms with E-state index in [2.05, 4.69) is 30.2 Å². The van der Waals surface area contributed by atoms with Crippen molar-refractivity contribution < 1.29 is 14.3 Å². The first-order valence-electron chi connectivity index (χ1n) is 8.91. The van der Waals surface area contributed by atoms with E-state index in [1.807, 2.05) is 19.9 Å². The van der Waals surface area contributed by atoms with E-state index in [1.54, 1.807) is 19.2 Å². The fourth-order valence-electron chi connectivity index (χ4n) is 3.44. The lowest BCUT2D eigenvalue weighted by atomic mass is 9.92. The summed E-state index contributed by atoms with van der Waals surface area (Å²) in [6.07, 6.45) is 2.96. The van der Waals surface area contributed by atoms with E-state index in [-0.39, 0.29) is 11.5 Å². The molecule has 0 bridgehead atoms. The van der Waals surface area contributed by atoms with Gasteiger partial charge in [0.1, 0.15) is 10.8 Å². The first-order valence-corrected chi connectivity index (χ1v) is 9.29. The summed E-state index contributed by atoms with van der Waals surface area (Å²) in [6.45, 7) is 8.12. The van der Waals surface area contributed by atoms with Crippen molar-refractivity contribution in [3.8, 4) is 11.5 Å². The quantitative estimate of drug-likeness (QED) is 0.779. The van der Waals surface area contributed by atoms with Crippen LogP contribution in [0.15, 0.2) is 30.5 Å². The summed E-state index contributed by atoms with van der Waals surface area (Å²) in [5.41, 5.74) is 2.02. The van der Waals surface area contributed by atoms with Gasteiger partial charge in [-0.3, -0.25) is 4.79 Å². The zero-order valence-electron chi connectivity index (χ0n) is 16.4. The van der Waals surface area contributed by atoms with E-state index >= 15 is 0 Å². The van der Waals surface area contributed by atoms with Crippen LogP contribution in [0, 0.1) is 0 Å². The number of pyridine rings is 1. The third kappa shape index (κ3) is 4.53. The van der Waals surface area contributed by atoms with E-state index in [9.17, 15) is 4.79 Å². The van der Waals surface area contributed by atoms with Crippen LogP contribution in [-0.4, -0.2) is 29.1 Å². The van der Waals surface area contributed by atoms with Gasteiger partial charge in [0.05, 0.1) is 12.7 Å². The molecular weight excluding hydrogens is 364 g/mol. The largest absolute Gasteiger partial charge is 0.493 e. The molecule has 2 heterocycles. The van der Waals surface area contributed by atoms with Crippen molar-refractivity contribution in [3.63, 3.8) is 0 Å². The summed E-state index contributed by atoms with van der Waals surface area (Å²) >= 11 is 5.79. The lowest BCUT2D eigenvalue weighted by Gasteiger charge is -2.27. The van der Waals surface area contributed by atoms with Gasteiger partial charge in [0.2, 0.25) is 0 Å². The normalized spacial score (nSPS) is 15.0. The Balaban J connectivity index is 1.78. The molecule has 144 valence electrons. The van der Waals surface area contributed by atoms with E-state index in [1.165, 1.54) is 6.20 Å². The predicted octanol–water partition coefficient (Wildman–Crippen LogP) is 4.21. The monoisotopic (exact) mass is 388 g/mol. The average Bonchev–Trinajstić information content (AvgIpc) is 2.87. The molecule has 3 rings (SSSR count). The number of nitrogens with one attached hydrogen (secondary N) is 1. The molecular formula is C21H25ClN2O3. The van der Waals surface area contributed by atoms with E-state index in [0.29, 0.717) is 17.1 Å². The van der Waals surface area contributed by atoms with Crippen molar-refractivity contribution in [2.75, 3.05) is 7.11 Å². The van der Waals surface area contributed by atoms with Gasteiger partial charge in [-0.2, -0.15) is 0 Å². The number of aromatic nitrogens is 1. The number of amides is 1. The summed E-state index contributed by atoms with van der Waals surface area (Å²) in [4.78, 5) is 16.5. The van der Waals surface area contributed by atoms with Crippen LogP contribution in [0.4, 0.5) is 0 Å². The fourth-order valence-corrected chi connectivity index (χ4v) is 3.55. The summed E-state index contributed by atoms with van der Waals surface area (Å²) < 4.78 is 11.6. The minimum atomic E-state index is -0.453. The number of carbonyl (C=O) groups excluding carboxylic acids is 1. The molecule has 2 aromatic rings. The van der Waals surface area contributed by atoms with Crippen LogP contribution < -0.4 is 14.8 Å². The average molecular weight is 389 g/mol. The van der Waals surface area contributed by atoms with Gasteiger partial charge in [0, 0.05) is 23.7 Å². The first-order chi connectivity index (χ1) is 12.6. The molecule has 1 aliphatic heterocycles. The second-order valence-corrected chi connectivity index (χ2v) is 8.60. The first kappa shape index (κ1) is 19.5. The second-order valence-electron chi connectivity index (χ2n) is 8.21. The Hall–Kier alpha value is -2.27. The van der Waals surface area contributed by atoms with Crippen molar-refractivity contribution >= 4 is 17.5 Å². The summed E-state index contributed by atoms with van der Waals surface area (Å²) in [5.74, 6) is 1.37. The molecule has 27 heavy (non-hydrogen) atoms. The molecule has 1 aliphatic rings. The molecule has 0 unspecified atom stereocenters. The number of ether oxygens (including phenoxy) is 2. The van der Waals surface area contributed by atoms with Crippen LogP contribution in [0.5, 0.6) is 11.5 Å². The summed E-state index contributed by atoms with van der Waals surface area (Å²) in [6, 6.07) is 7.40. The number of nitrogens with zero attached hydrogens (tertiary/aromatic N) is 1. The molecule has 6 heteroatoms. The highest BCUT2D eigenvalue weighted by molar-refractivity contribution is 6.29. The Bertz CT molecular complexity index is 860. The van der Waals surface area contributed by atoms with Gasteiger partial charge in [-0.15, -0.1) is 0 Å². The molecule has 0 fully saturated rings. The highest BCUT2D eigenvalue weighted by atomic mass is 35.5. The molecule has 0 saturated heterocycles. The maximum absolute atomic E-state index is 12.5. The minimum Gasteiger partial charge on any atom is -0.493 e. The third-order valence-corrected chi connectivity index (χ3v) is 4.72. The van der Waals surface area contributed by atoms with Gasteiger partial charge in [0.15, 0.2) is 11.5 Å². The number of hydrogen-bond donors (Lipinski definition) is 1. The Labute approximate surface area is 165 Å². The lowest BCUT2D eigenvalue weighted by Crippen LogP contribution is -2.45. The molecule has 5 nitrogen and oxygen atoms in total. The van der Waals surface area contributed by atoms with Gasteiger partial charge in [-0.05, 0) is 57.9 Å². The summed E-state index contributed by atoms with van der Waals surface area (Å²) in [5, 5.41) is 3.43. The maximum atomic E-state index is 12.5. The van der Waals surface area contributed by atoms with Gasteiger partial charge in [0.25, 0.3) is 5.91 Å². The topological polar surface area (TPSA) is 60.5 Å².